The number of benzene rings is 4. The quantitative estimate of drug-likeness (QED) is 0.0809. The van der Waals surface area contributed by atoms with Gasteiger partial charge in [0.2, 0.25) is 5.91 Å². The SMILES string of the molecule is COc1cc2c(cc1OCCCCCOc1cc(N(CC3Cc4ccccc4N3C)C(=O)CCC(C)=O)c(C=O)cc1OC)N=C[C@@H]1Cc3ccccc3N1C2=O. The van der Waals surface area contributed by atoms with Crippen LogP contribution in [0.1, 0.15) is 70.9 Å². The second-order valence-corrected chi connectivity index (χ2v) is 14.6. The van der Waals surface area contributed by atoms with Crippen LogP contribution >= 0.6 is 0 Å². The van der Waals surface area contributed by atoms with E-state index < -0.39 is 0 Å². The van der Waals surface area contributed by atoms with Crippen molar-refractivity contribution in [2.24, 2.45) is 4.99 Å². The largest absolute Gasteiger partial charge is 0.493 e. The minimum atomic E-state index is -0.246. The number of likely N-dealkylation sites (N-methyl/N-ethyl adjacent to an activating group) is 1. The van der Waals surface area contributed by atoms with Crippen LogP contribution in [-0.2, 0) is 22.4 Å². The van der Waals surface area contributed by atoms with Crippen molar-refractivity contribution in [3.05, 3.63) is 95.1 Å². The molecule has 57 heavy (non-hydrogen) atoms. The molecule has 3 aliphatic heterocycles. The number of fused-ring (bicyclic) bond motifs is 5. The zero-order chi connectivity index (χ0) is 40.1. The molecule has 3 heterocycles. The Labute approximate surface area is 333 Å². The first kappa shape index (κ1) is 39.1. The van der Waals surface area contributed by atoms with Crippen molar-refractivity contribution in [3.63, 3.8) is 0 Å². The number of para-hydroxylation sites is 2. The van der Waals surface area contributed by atoms with Crippen LogP contribution in [0.25, 0.3) is 0 Å². The van der Waals surface area contributed by atoms with E-state index in [0.717, 1.165) is 42.6 Å². The molecule has 0 radical (unpaired) electrons. The Bertz CT molecular complexity index is 2200. The van der Waals surface area contributed by atoms with Crippen LogP contribution < -0.4 is 33.6 Å². The van der Waals surface area contributed by atoms with Crippen LogP contribution in [0.2, 0.25) is 0 Å². The molecule has 0 saturated heterocycles. The summed E-state index contributed by atoms with van der Waals surface area (Å²) in [6, 6.07) is 22.7. The first-order chi connectivity index (χ1) is 27.7. The summed E-state index contributed by atoms with van der Waals surface area (Å²) >= 11 is 0. The van der Waals surface area contributed by atoms with Crippen LogP contribution in [0.5, 0.6) is 23.0 Å². The van der Waals surface area contributed by atoms with Crippen LogP contribution in [-0.4, -0.2) is 83.2 Å². The van der Waals surface area contributed by atoms with Crippen LogP contribution in [0.4, 0.5) is 22.7 Å². The molecule has 4 aromatic rings. The second kappa shape index (κ2) is 17.3. The van der Waals surface area contributed by atoms with Gasteiger partial charge in [-0.25, -0.2) is 0 Å². The monoisotopic (exact) mass is 772 g/mol. The van der Waals surface area contributed by atoms with Crippen LogP contribution in [0, 0.1) is 0 Å². The highest BCUT2D eigenvalue weighted by atomic mass is 16.5. The Morgan fingerprint density at radius 2 is 1.47 bits per heavy atom. The lowest BCUT2D eigenvalue weighted by atomic mass is 10.1. The maximum Gasteiger partial charge on any atom is 0.261 e. The lowest BCUT2D eigenvalue weighted by Gasteiger charge is -2.31. The third kappa shape index (κ3) is 8.21. The molecule has 12 heteroatoms. The van der Waals surface area contributed by atoms with Crippen molar-refractivity contribution >= 4 is 52.8 Å². The summed E-state index contributed by atoms with van der Waals surface area (Å²) in [6.45, 7) is 2.55. The number of aliphatic imine (C=N–C) groups is 1. The lowest BCUT2D eigenvalue weighted by molar-refractivity contribution is -0.123. The number of amides is 2. The fourth-order valence-electron chi connectivity index (χ4n) is 7.86. The Kier molecular flexibility index (Phi) is 11.9. The van der Waals surface area contributed by atoms with Crippen molar-refractivity contribution in [1.82, 2.24) is 0 Å². The van der Waals surface area contributed by atoms with E-state index in [2.05, 4.69) is 17.0 Å². The normalized spacial score (nSPS) is 16.2. The summed E-state index contributed by atoms with van der Waals surface area (Å²) in [4.78, 5) is 62.0. The maximum absolute atomic E-state index is 13.8. The Morgan fingerprint density at radius 3 is 2.14 bits per heavy atom. The fraction of sp³-hybridized carbons (Fsp3) is 0.356. The third-order valence-electron chi connectivity index (χ3n) is 10.9. The number of hydrogen-bond acceptors (Lipinski definition) is 10. The molecule has 0 N–H and O–H groups in total. The van der Waals surface area contributed by atoms with Gasteiger partial charge in [-0.3, -0.25) is 24.3 Å². The average Bonchev–Trinajstić information content (AvgIpc) is 3.72. The number of ether oxygens (including phenoxy) is 4. The molecule has 0 spiro atoms. The molecule has 7 rings (SSSR count). The van der Waals surface area contributed by atoms with E-state index in [1.165, 1.54) is 19.6 Å². The number of nitrogens with zero attached hydrogens (tertiary/aromatic N) is 4. The van der Waals surface area contributed by atoms with Gasteiger partial charge in [-0.05, 0) is 68.0 Å². The second-order valence-electron chi connectivity index (χ2n) is 14.6. The molecule has 3 aliphatic rings. The van der Waals surface area contributed by atoms with Gasteiger partial charge in [0.05, 0.1) is 56.5 Å². The van der Waals surface area contributed by atoms with Gasteiger partial charge in [0.25, 0.3) is 5.91 Å². The first-order valence-electron chi connectivity index (χ1n) is 19.4. The predicted octanol–water partition coefficient (Wildman–Crippen LogP) is 7.20. The summed E-state index contributed by atoms with van der Waals surface area (Å²) in [7, 11) is 5.07. The van der Waals surface area contributed by atoms with E-state index in [1.807, 2.05) is 49.7 Å². The van der Waals surface area contributed by atoms with Gasteiger partial charge in [-0.2, -0.15) is 0 Å². The van der Waals surface area contributed by atoms with Crippen LogP contribution in [0.15, 0.2) is 77.8 Å². The molecular formula is C45H48N4O8. The standard InChI is InChI=1S/C45H48N4O8/c1-29(51)16-17-44(52)48(27-34-21-30-12-6-8-14-37(30)47(34)2)39-25-43(40(54-3)22-32(39)28-50)57-19-11-5-10-18-56-42-24-36-35(23-41(42)55-4)45(53)49-33(26-46-36)20-31-13-7-9-15-38(31)49/h6-9,12-15,22-26,28,33-34H,5,10-11,16-21,27H2,1-4H3/t33-,34?/m0/s1. The summed E-state index contributed by atoms with van der Waals surface area (Å²) < 4.78 is 23.6. The predicted molar refractivity (Wildman–Crippen MR) is 220 cm³/mol. The molecule has 0 aromatic heterocycles. The zero-order valence-corrected chi connectivity index (χ0v) is 32.9. The van der Waals surface area contributed by atoms with Gasteiger partial charge in [-0.15, -0.1) is 0 Å². The first-order valence-corrected chi connectivity index (χ1v) is 19.4. The van der Waals surface area contributed by atoms with Crippen molar-refractivity contribution in [2.45, 2.75) is 64.0 Å². The molecule has 0 fully saturated rings. The Morgan fingerprint density at radius 1 is 0.825 bits per heavy atom. The topological polar surface area (TPSA) is 127 Å². The summed E-state index contributed by atoms with van der Waals surface area (Å²) in [5, 5.41) is 0. The number of hydrogen-bond donors (Lipinski definition) is 0. The van der Waals surface area contributed by atoms with Gasteiger partial charge >= 0.3 is 0 Å². The minimum Gasteiger partial charge on any atom is -0.493 e. The van der Waals surface area contributed by atoms with Gasteiger partial charge in [0.15, 0.2) is 29.3 Å². The molecule has 296 valence electrons. The maximum atomic E-state index is 13.8. The van der Waals surface area contributed by atoms with E-state index >= 15 is 0 Å². The fourth-order valence-corrected chi connectivity index (χ4v) is 7.86. The summed E-state index contributed by atoms with van der Waals surface area (Å²) in [5.74, 6) is 1.33. The highest BCUT2D eigenvalue weighted by Crippen LogP contribution is 2.41. The smallest absolute Gasteiger partial charge is 0.261 e. The third-order valence-corrected chi connectivity index (χ3v) is 10.9. The number of Topliss-reactive ketones (excluding diaryl/α,β-unsaturated/α-hetero) is 1. The number of ketones is 1. The van der Waals surface area contributed by atoms with Gasteiger partial charge < -0.3 is 33.5 Å². The number of unbranched alkanes of at least 4 members (excludes halogenated alkanes) is 2. The van der Waals surface area contributed by atoms with Crippen molar-refractivity contribution < 1.29 is 38.1 Å². The van der Waals surface area contributed by atoms with E-state index in [-0.39, 0.29) is 42.5 Å². The van der Waals surface area contributed by atoms with E-state index in [1.54, 1.807) is 41.2 Å². The molecule has 0 saturated carbocycles. The molecular weight excluding hydrogens is 725 g/mol. The van der Waals surface area contributed by atoms with Gasteiger partial charge in [0.1, 0.15) is 5.78 Å². The lowest BCUT2D eigenvalue weighted by Crippen LogP contribution is -2.44. The summed E-state index contributed by atoms with van der Waals surface area (Å²) in [6.07, 6.45) is 6.34. The summed E-state index contributed by atoms with van der Waals surface area (Å²) in [5.41, 5.74) is 6.04. The van der Waals surface area contributed by atoms with E-state index in [4.69, 9.17) is 23.9 Å². The molecule has 4 aromatic carbocycles. The van der Waals surface area contributed by atoms with Gasteiger partial charge in [-0.1, -0.05) is 36.4 Å². The average molecular weight is 773 g/mol. The van der Waals surface area contributed by atoms with Crippen LogP contribution in [0.3, 0.4) is 0 Å². The molecule has 2 atom stereocenters. The van der Waals surface area contributed by atoms with E-state index in [9.17, 15) is 19.2 Å². The molecule has 2 amide bonds. The number of carbonyl (C=O) groups is 4. The number of anilines is 3. The van der Waals surface area contributed by atoms with E-state index in [0.29, 0.717) is 78.0 Å². The number of aldehydes is 1. The molecule has 0 aliphatic carbocycles. The highest BCUT2D eigenvalue weighted by Gasteiger charge is 2.37. The molecule has 0 bridgehead atoms. The number of methoxy groups -OCH3 is 2. The van der Waals surface area contributed by atoms with Crippen molar-refractivity contribution in [2.75, 3.05) is 55.7 Å². The van der Waals surface area contributed by atoms with Crippen molar-refractivity contribution in [1.29, 1.82) is 0 Å². The highest BCUT2D eigenvalue weighted by molar-refractivity contribution is 6.14. The number of carbonyl (C=O) groups excluding carboxylic acids is 4. The minimum absolute atomic E-state index is 0.0259. The Hall–Kier alpha value is -6.17. The molecule has 12 nitrogen and oxygen atoms in total. The zero-order valence-electron chi connectivity index (χ0n) is 32.9. The van der Waals surface area contributed by atoms with Gasteiger partial charge in [0, 0.05) is 68.1 Å². The van der Waals surface area contributed by atoms with Crippen molar-refractivity contribution in [3.8, 4) is 23.0 Å². The number of rotatable bonds is 17. The molecule has 1 unspecified atom stereocenters. The Balaban J connectivity index is 0.982.